The van der Waals surface area contributed by atoms with Gasteiger partial charge in [-0.15, -0.1) is 0 Å². The van der Waals surface area contributed by atoms with Crippen LogP contribution >= 0.6 is 0 Å². The van der Waals surface area contributed by atoms with Gasteiger partial charge in [0.25, 0.3) is 11.6 Å². The van der Waals surface area contributed by atoms with Crippen LogP contribution in [-0.4, -0.2) is 55.6 Å². The van der Waals surface area contributed by atoms with Gasteiger partial charge in [0.05, 0.1) is 18.1 Å². The number of piperidine rings is 1. The minimum atomic E-state index is -0.382. The van der Waals surface area contributed by atoms with Crippen LogP contribution in [0.2, 0.25) is 0 Å². The Bertz CT molecular complexity index is 1010. The Morgan fingerprint density at radius 1 is 1.15 bits per heavy atom. The molecule has 8 heteroatoms. The van der Waals surface area contributed by atoms with Crippen LogP contribution in [0.1, 0.15) is 54.6 Å². The summed E-state index contributed by atoms with van der Waals surface area (Å²) >= 11 is 0. The predicted molar refractivity (Wildman–Crippen MR) is 133 cm³/mol. The first-order valence-electron chi connectivity index (χ1n) is 12.2. The van der Waals surface area contributed by atoms with E-state index in [1.165, 1.54) is 6.07 Å². The van der Waals surface area contributed by atoms with E-state index in [0.29, 0.717) is 23.7 Å². The predicted octanol–water partition coefficient (Wildman–Crippen LogP) is 4.41. The van der Waals surface area contributed by atoms with E-state index in [0.717, 1.165) is 63.2 Å². The Morgan fingerprint density at radius 2 is 1.88 bits per heavy atom. The number of rotatable bonds is 8. The van der Waals surface area contributed by atoms with Crippen molar-refractivity contribution in [1.82, 2.24) is 10.2 Å². The summed E-state index contributed by atoms with van der Waals surface area (Å²) in [6, 6.07) is 12.8. The van der Waals surface area contributed by atoms with Crippen molar-refractivity contribution in [2.24, 2.45) is 5.92 Å². The van der Waals surface area contributed by atoms with Crippen molar-refractivity contribution in [2.75, 3.05) is 44.7 Å². The first-order valence-corrected chi connectivity index (χ1v) is 12.2. The van der Waals surface area contributed by atoms with Gasteiger partial charge in [-0.2, -0.15) is 0 Å². The number of carbonyl (C=O) groups is 1. The molecule has 0 saturated carbocycles. The lowest BCUT2D eigenvalue weighted by Crippen LogP contribution is -2.37. The van der Waals surface area contributed by atoms with Crippen molar-refractivity contribution in [3.8, 4) is 5.75 Å². The molecule has 34 heavy (non-hydrogen) atoms. The normalized spacial score (nSPS) is 18.0. The lowest BCUT2D eigenvalue weighted by molar-refractivity contribution is -0.384. The number of nitro benzene ring substituents is 1. The zero-order valence-corrected chi connectivity index (χ0v) is 20.0. The van der Waals surface area contributed by atoms with Crippen molar-refractivity contribution in [3.63, 3.8) is 0 Å². The van der Waals surface area contributed by atoms with Gasteiger partial charge in [0.1, 0.15) is 11.4 Å². The van der Waals surface area contributed by atoms with E-state index in [2.05, 4.69) is 28.1 Å². The number of benzene rings is 2. The molecule has 8 nitrogen and oxygen atoms in total. The van der Waals surface area contributed by atoms with Gasteiger partial charge in [-0.25, -0.2) is 0 Å². The number of carbonyl (C=O) groups excluding carboxylic acids is 1. The minimum Gasteiger partial charge on any atom is -0.497 e. The van der Waals surface area contributed by atoms with Crippen LogP contribution in [0.15, 0.2) is 42.5 Å². The molecule has 2 heterocycles. The van der Waals surface area contributed by atoms with Gasteiger partial charge in [-0.05, 0) is 74.5 Å². The molecule has 2 saturated heterocycles. The number of amides is 1. The Kier molecular flexibility index (Phi) is 7.67. The molecule has 0 bridgehead atoms. The molecule has 0 aliphatic carbocycles. The van der Waals surface area contributed by atoms with E-state index in [-0.39, 0.29) is 22.6 Å². The van der Waals surface area contributed by atoms with E-state index in [1.807, 2.05) is 18.2 Å². The molecule has 2 aliphatic rings. The van der Waals surface area contributed by atoms with Gasteiger partial charge < -0.3 is 15.0 Å². The molecule has 0 unspecified atom stereocenters. The number of nitrogens with one attached hydrogen (secondary N) is 1. The monoisotopic (exact) mass is 466 g/mol. The second-order valence-electron chi connectivity index (χ2n) is 9.38. The molecule has 0 spiro atoms. The Morgan fingerprint density at radius 3 is 2.56 bits per heavy atom. The quantitative estimate of drug-likeness (QED) is 0.458. The Hall–Kier alpha value is -3.13. The third-order valence-electron chi connectivity index (χ3n) is 7.07. The number of anilines is 1. The van der Waals surface area contributed by atoms with Gasteiger partial charge in [-0.3, -0.25) is 19.8 Å². The zero-order valence-electron chi connectivity index (χ0n) is 20.0. The number of hydrogen-bond donors (Lipinski definition) is 1. The summed E-state index contributed by atoms with van der Waals surface area (Å²) in [5, 5.41) is 14.8. The van der Waals surface area contributed by atoms with Gasteiger partial charge >= 0.3 is 0 Å². The molecular weight excluding hydrogens is 432 g/mol. The van der Waals surface area contributed by atoms with Crippen LogP contribution in [0.3, 0.4) is 0 Å². The van der Waals surface area contributed by atoms with E-state index in [1.54, 1.807) is 19.2 Å². The fraction of sp³-hybridized carbons (Fsp3) is 0.500. The standard InChI is InChI=1S/C26H34N4O4/c1-19-10-14-29(15-11-19)23-9-8-21(17-24(23)30(32)33)26(31)27-18-25(28-12-3-4-13-28)20-6-5-7-22(16-20)34-2/h5-9,16-17,19,25H,3-4,10-15,18H2,1-2H3,(H,27,31)/t25-/m0/s1. The molecule has 1 amide bonds. The summed E-state index contributed by atoms with van der Waals surface area (Å²) < 4.78 is 5.39. The molecule has 0 aromatic heterocycles. The van der Waals surface area contributed by atoms with E-state index in [4.69, 9.17) is 4.74 Å². The molecule has 1 N–H and O–H groups in total. The van der Waals surface area contributed by atoms with Crippen molar-refractivity contribution in [1.29, 1.82) is 0 Å². The van der Waals surface area contributed by atoms with E-state index < -0.39 is 0 Å². The van der Waals surface area contributed by atoms with Gasteiger partial charge in [0.2, 0.25) is 0 Å². The summed E-state index contributed by atoms with van der Waals surface area (Å²) in [5.41, 5.74) is 1.99. The second kappa shape index (κ2) is 10.9. The fourth-order valence-electron chi connectivity index (χ4n) is 4.98. The fourth-order valence-corrected chi connectivity index (χ4v) is 4.98. The minimum absolute atomic E-state index is 0.00825. The van der Waals surface area contributed by atoms with Crippen LogP contribution in [0.5, 0.6) is 5.75 Å². The average molecular weight is 467 g/mol. The highest BCUT2D eigenvalue weighted by Gasteiger charge is 2.27. The highest BCUT2D eigenvalue weighted by Crippen LogP contribution is 2.33. The number of ether oxygens (including phenoxy) is 1. The maximum atomic E-state index is 13.0. The van der Waals surface area contributed by atoms with Gasteiger partial charge in [0.15, 0.2) is 0 Å². The summed E-state index contributed by atoms with van der Waals surface area (Å²) in [5.74, 6) is 1.12. The lowest BCUT2D eigenvalue weighted by Gasteiger charge is -2.31. The second-order valence-corrected chi connectivity index (χ2v) is 9.38. The van der Waals surface area contributed by atoms with Gasteiger partial charge in [-0.1, -0.05) is 19.1 Å². The first kappa shape index (κ1) is 24.0. The molecule has 1 atom stereocenters. The number of nitro groups is 1. The summed E-state index contributed by atoms with van der Waals surface area (Å²) in [7, 11) is 1.65. The summed E-state index contributed by atoms with van der Waals surface area (Å²) in [6.07, 6.45) is 4.30. The van der Waals surface area contributed by atoms with Crippen LogP contribution in [0.4, 0.5) is 11.4 Å². The molecule has 2 aromatic rings. The van der Waals surface area contributed by atoms with Crippen molar-refractivity contribution < 1.29 is 14.5 Å². The number of methoxy groups -OCH3 is 1. The van der Waals surface area contributed by atoms with Gasteiger partial charge in [0, 0.05) is 31.3 Å². The summed E-state index contributed by atoms with van der Waals surface area (Å²) in [6.45, 7) is 6.18. The van der Waals surface area contributed by atoms with E-state index in [9.17, 15) is 14.9 Å². The third kappa shape index (κ3) is 5.50. The van der Waals surface area contributed by atoms with E-state index >= 15 is 0 Å². The Labute approximate surface area is 201 Å². The molecule has 2 aliphatic heterocycles. The maximum absolute atomic E-state index is 13.0. The Balaban J connectivity index is 1.50. The van der Waals surface area contributed by atoms with Crippen LogP contribution < -0.4 is 15.0 Å². The van der Waals surface area contributed by atoms with Crippen LogP contribution in [0, 0.1) is 16.0 Å². The van der Waals surface area contributed by atoms with Crippen molar-refractivity contribution >= 4 is 17.3 Å². The lowest BCUT2D eigenvalue weighted by atomic mass is 9.98. The van der Waals surface area contributed by atoms with Crippen molar-refractivity contribution in [3.05, 3.63) is 63.7 Å². The number of likely N-dealkylation sites (tertiary alicyclic amines) is 1. The van der Waals surface area contributed by atoms with Crippen LogP contribution in [-0.2, 0) is 0 Å². The molecule has 0 radical (unpaired) electrons. The van der Waals surface area contributed by atoms with Crippen molar-refractivity contribution in [2.45, 2.75) is 38.6 Å². The highest BCUT2D eigenvalue weighted by molar-refractivity contribution is 5.95. The molecule has 2 fully saturated rings. The zero-order chi connectivity index (χ0) is 24.1. The molecule has 182 valence electrons. The maximum Gasteiger partial charge on any atom is 0.293 e. The number of nitrogens with zero attached hydrogens (tertiary/aromatic N) is 3. The highest BCUT2D eigenvalue weighted by atomic mass is 16.6. The smallest absolute Gasteiger partial charge is 0.293 e. The first-order chi connectivity index (χ1) is 16.5. The summed E-state index contributed by atoms with van der Waals surface area (Å²) in [4.78, 5) is 28.9. The largest absolute Gasteiger partial charge is 0.497 e. The average Bonchev–Trinajstić information content (AvgIpc) is 3.39. The number of hydrogen-bond acceptors (Lipinski definition) is 6. The molecule has 4 rings (SSSR count). The molecule has 2 aromatic carbocycles. The van der Waals surface area contributed by atoms with Crippen LogP contribution in [0.25, 0.3) is 0 Å². The SMILES string of the molecule is COc1cccc([C@H](CNC(=O)c2ccc(N3CCC(C)CC3)c([N+](=O)[O-])c2)N2CCCC2)c1. The topological polar surface area (TPSA) is 87.9 Å². The molecular formula is C26H34N4O4. The third-order valence-corrected chi connectivity index (χ3v) is 7.07.